The summed E-state index contributed by atoms with van der Waals surface area (Å²) >= 11 is 0. The molecule has 1 unspecified atom stereocenters. The lowest BCUT2D eigenvalue weighted by Crippen LogP contribution is -2.17. The lowest BCUT2D eigenvalue weighted by Gasteiger charge is -2.24. The Balaban J connectivity index is 1.91. The maximum absolute atomic E-state index is 3.69. The van der Waals surface area contributed by atoms with Crippen LogP contribution in [0, 0.1) is 0 Å². The van der Waals surface area contributed by atoms with E-state index in [0.29, 0.717) is 0 Å². The first-order chi connectivity index (χ1) is 11.7. The van der Waals surface area contributed by atoms with Crippen LogP contribution in [0.2, 0.25) is 0 Å². The average molecular weight is 316 g/mol. The normalized spacial score (nSPS) is 11.8. The molecule has 2 heteroatoms. The maximum Gasteiger partial charge on any atom is 0.0554 e. The van der Waals surface area contributed by atoms with Crippen LogP contribution in [-0.4, -0.2) is 14.1 Å². The van der Waals surface area contributed by atoms with Crippen molar-refractivity contribution in [2.45, 2.75) is 12.5 Å². The van der Waals surface area contributed by atoms with Gasteiger partial charge in [0.1, 0.15) is 0 Å². The fraction of sp³-hybridized carbons (Fsp3) is 0.182. The van der Waals surface area contributed by atoms with Gasteiger partial charge in [0.2, 0.25) is 0 Å². The molecule has 24 heavy (non-hydrogen) atoms. The molecule has 0 heterocycles. The zero-order valence-corrected chi connectivity index (χ0v) is 14.3. The number of para-hydroxylation sites is 2. The van der Waals surface area contributed by atoms with E-state index in [0.717, 1.165) is 12.1 Å². The van der Waals surface area contributed by atoms with E-state index in [1.807, 2.05) is 6.07 Å². The van der Waals surface area contributed by atoms with Crippen molar-refractivity contribution in [1.29, 1.82) is 0 Å². The second kappa shape index (κ2) is 7.69. The Bertz CT molecular complexity index is 751. The summed E-state index contributed by atoms with van der Waals surface area (Å²) in [6, 6.07) is 29.9. The lowest BCUT2D eigenvalue weighted by molar-refractivity contribution is 0.773. The van der Waals surface area contributed by atoms with Crippen LogP contribution in [0.4, 0.5) is 11.4 Å². The SMILES string of the molecule is CN(C)c1ccccc1CC(Nc1ccccc1)c1ccccc1. The summed E-state index contributed by atoms with van der Waals surface area (Å²) in [5, 5.41) is 3.69. The number of rotatable bonds is 6. The molecule has 0 spiro atoms. The van der Waals surface area contributed by atoms with Crippen LogP contribution in [0.25, 0.3) is 0 Å². The molecule has 0 aromatic heterocycles. The minimum Gasteiger partial charge on any atom is -0.378 e. The van der Waals surface area contributed by atoms with E-state index >= 15 is 0 Å². The smallest absolute Gasteiger partial charge is 0.0554 e. The topological polar surface area (TPSA) is 15.3 Å². The predicted molar refractivity (Wildman–Crippen MR) is 104 cm³/mol. The number of hydrogen-bond donors (Lipinski definition) is 1. The molecular formula is C22H24N2. The summed E-state index contributed by atoms with van der Waals surface area (Å²) in [5.41, 5.74) is 5.07. The van der Waals surface area contributed by atoms with Crippen molar-refractivity contribution in [1.82, 2.24) is 0 Å². The van der Waals surface area contributed by atoms with Gasteiger partial charge in [-0.25, -0.2) is 0 Å². The molecule has 2 nitrogen and oxygen atoms in total. The van der Waals surface area contributed by atoms with Crippen LogP contribution in [0.15, 0.2) is 84.9 Å². The highest BCUT2D eigenvalue weighted by molar-refractivity contribution is 5.54. The number of benzene rings is 3. The molecule has 0 aliphatic carbocycles. The van der Waals surface area contributed by atoms with Crippen molar-refractivity contribution >= 4 is 11.4 Å². The summed E-state index contributed by atoms with van der Waals surface area (Å²) in [6.07, 6.45) is 0.938. The summed E-state index contributed by atoms with van der Waals surface area (Å²) in [5.74, 6) is 0. The third-order valence-electron chi connectivity index (χ3n) is 4.21. The van der Waals surface area contributed by atoms with Crippen LogP contribution in [-0.2, 0) is 6.42 Å². The minimum absolute atomic E-state index is 0.231. The molecule has 1 atom stereocenters. The molecule has 0 aliphatic heterocycles. The van der Waals surface area contributed by atoms with E-state index < -0.39 is 0 Å². The molecule has 0 aliphatic rings. The molecule has 0 amide bonds. The molecule has 0 bridgehead atoms. The van der Waals surface area contributed by atoms with Gasteiger partial charge < -0.3 is 10.2 Å². The van der Waals surface area contributed by atoms with Crippen LogP contribution in [0.5, 0.6) is 0 Å². The van der Waals surface area contributed by atoms with Crippen molar-refractivity contribution < 1.29 is 0 Å². The summed E-state index contributed by atoms with van der Waals surface area (Å²) in [6.45, 7) is 0. The van der Waals surface area contributed by atoms with Crippen molar-refractivity contribution in [3.05, 3.63) is 96.1 Å². The molecule has 3 aromatic rings. The van der Waals surface area contributed by atoms with Crippen molar-refractivity contribution in [3.63, 3.8) is 0 Å². The first kappa shape index (κ1) is 16.1. The monoisotopic (exact) mass is 316 g/mol. The van der Waals surface area contributed by atoms with Crippen molar-refractivity contribution in [2.75, 3.05) is 24.3 Å². The fourth-order valence-electron chi connectivity index (χ4n) is 3.01. The summed E-state index contributed by atoms with van der Waals surface area (Å²) in [4.78, 5) is 2.18. The average Bonchev–Trinajstić information content (AvgIpc) is 2.63. The van der Waals surface area contributed by atoms with Gasteiger partial charge in [-0.1, -0.05) is 66.7 Å². The molecule has 3 aromatic carbocycles. The third-order valence-corrected chi connectivity index (χ3v) is 4.21. The Morgan fingerprint density at radius 1 is 0.750 bits per heavy atom. The second-order valence-corrected chi connectivity index (χ2v) is 6.20. The zero-order valence-electron chi connectivity index (χ0n) is 14.3. The standard InChI is InChI=1S/C22H24N2/c1-24(2)22-16-10-9-13-19(22)17-21(18-11-5-3-6-12-18)23-20-14-7-4-8-15-20/h3-16,21,23H,17H2,1-2H3. The van der Waals surface area contributed by atoms with Crippen LogP contribution in [0.3, 0.4) is 0 Å². The van der Waals surface area contributed by atoms with Gasteiger partial charge in [-0.3, -0.25) is 0 Å². The fourth-order valence-corrected chi connectivity index (χ4v) is 3.01. The first-order valence-electron chi connectivity index (χ1n) is 8.36. The van der Waals surface area contributed by atoms with Gasteiger partial charge in [0.05, 0.1) is 6.04 Å². The quantitative estimate of drug-likeness (QED) is 0.676. The van der Waals surface area contributed by atoms with E-state index in [1.165, 1.54) is 16.8 Å². The lowest BCUT2D eigenvalue weighted by atomic mass is 9.97. The predicted octanol–water partition coefficient (Wildman–Crippen LogP) is 5.15. The molecule has 0 saturated carbocycles. The van der Waals surface area contributed by atoms with Crippen LogP contribution < -0.4 is 10.2 Å². The van der Waals surface area contributed by atoms with Crippen molar-refractivity contribution in [2.24, 2.45) is 0 Å². The van der Waals surface area contributed by atoms with Gasteiger partial charge in [0.25, 0.3) is 0 Å². The minimum atomic E-state index is 0.231. The second-order valence-electron chi connectivity index (χ2n) is 6.20. The van der Waals surface area contributed by atoms with Gasteiger partial charge in [0, 0.05) is 25.5 Å². The van der Waals surface area contributed by atoms with Crippen molar-refractivity contribution in [3.8, 4) is 0 Å². The van der Waals surface area contributed by atoms with Crippen LogP contribution in [0.1, 0.15) is 17.2 Å². The van der Waals surface area contributed by atoms with Gasteiger partial charge in [-0.2, -0.15) is 0 Å². The first-order valence-corrected chi connectivity index (χ1v) is 8.36. The Labute approximate surface area is 144 Å². The Morgan fingerprint density at radius 3 is 2.00 bits per heavy atom. The maximum atomic E-state index is 3.69. The van der Waals surface area contributed by atoms with Gasteiger partial charge in [-0.15, -0.1) is 0 Å². The Morgan fingerprint density at radius 2 is 1.33 bits per heavy atom. The summed E-state index contributed by atoms with van der Waals surface area (Å²) in [7, 11) is 4.20. The third kappa shape index (κ3) is 3.96. The highest BCUT2D eigenvalue weighted by Crippen LogP contribution is 2.27. The van der Waals surface area contributed by atoms with E-state index in [4.69, 9.17) is 0 Å². The number of nitrogens with one attached hydrogen (secondary N) is 1. The van der Waals surface area contributed by atoms with E-state index in [1.54, 1.807) is 0 Å². The van der Waals surface area contributed by atoms with E-state index in [2.05, 4.69) is 103 Å². The van der Waals surface area contributed by atoms with Crippen LogP contribution >= 0.6 is 0 Å². The molecule has 3 rings (SSSR count). The summed E-state index contributed by atoms with van der Waals surface area (Å²) < 4.78 is 0. The molecule has 0 fully saturated rings. The molecule has 0 radical (unpaired) electrons. The molecule has 122 valence electrons. The number of anilines is 2. The van der Waals surface area contributed by atoms with Gasteiger partial charge in [0.15, 0.2) is 0 Å². The van der Waals surface area contributed by atoms with Gasteiger partial charge >= 0.3 is 0 Å². The molecule has 1 N–H and O–H groups in total. The zero-order chi connectivity index (χ0) is 16.8. The molecular weight excluding hydrogens is 292 g/mol. The Hall–Kier alpha value is -2.74. The van der Waals surface area contributed by atoms with E-state index in [9.17, 15) is 0 Å². The highest BCUT2D eigenvalue weighted by Gasteiger charge is 2.15. The Kier molecular flexibility index (Phi) is 5.17. The molecule has 0 saturated heterocycles. The van der Waals surface area contributed by atoms with Gasteiger partial charge in [-0.05, 0) is 35.7 Å². The highest BCUT2D eigenvalue weighted by atomic mass is 15.1. The number of hydrogen-bond acceptors (Lipinski definition) is 2. The number of nitrogens with zero attached hydrogens (tertiary/aromatic N) is 1. The largest absolute Gasteiger partial charge is 0.378 e. The van der Waals surface area contributed by atoms with E-state index in [-0.39, 0.29) is 6.04 Å².